The van der Waals surface area contributed by atoms with Crippen molar-refractivity contribution in [3.63, 3.8) is 0 Å². The molecule has 104 valence electrons. The molecule has 0 radical (unpaired) electrons. The molecule has 0 unspecified atom stereocenters. The summed E-state index contributed by atoms with van der Waals surface area (Å²) in [6.07, 6.45) is 0.234. The number of nitrogens with zero attached hydrogens (tertiary/aromatic N) is 1. The molecule has 0 aromatic heterocycles. The van der Waals surface area contributed by atoms with Crippen LogP contribution in [0.15, 0.2) is 24.3 Å². The number of carbonyl (C=O) groups excluding carboxylic acids is 2. The molecule has 0 saturated heterocycles. The molecule has 0 heterocycles. The second-order valence-corrected chi connectivity index (χ2v) is 4.30. The van der Waals surface area contributed by atoms with Crippen molar-refractivity contribution in [2.24, 2.45) is 0 Å². The molecule has 5 nitrogen and oxygen atoms in total. The van der Waals surface area contributed by atoms with Crippen molar-refractivity contribution in [3.8, 4) is 0 Å². The molecular formula is C14H20N2O3. The highest BCUT2D eigenvalue weighted by atomic mass is 16.5. The first-order valence-electron chi connectivity index (χ1n) is 6.25. The van der Waals surface area contributed by atoms with Gasteiger partial charge in [-0.2, -0.15) is 0 Å². The highest BCUT2D eigenvalue weighted by Crippen LogP contribution is 2.17. The van der Waals surface area contributed by atoms with Gasteiger partial charge in [-0.25, -0.2) is 0 Å². The summed E-state index contributed by atoms with van der Waals surface area (Å²) in [5.41, 5.74) is 1.73. The summed E-state index contributed by atoms with van der Waals surface area (Å²) < 4.78 is 4.77. The van der Waals surface area contributed by atoms with Crippen LogP contribution in [0.3, 0.4) is 0 Å². The first-order chi connectivity index (χ1) is 9.02. The monoisotopic (exact) mass is 264 g/mol. The minimum Gasteiger partial charge on any atom is -0.466 e. The van der Waals surface area contributed by atoms with Gasteiger partial charge in [0.2, 0.25) is 5.91 Å². The lowest BCUT2D eigenvalue weighted by atomic mass is 10.2. The van der Waals surface area contributed by atoms with Crippen LogP contribution in [0.25, 0.3) is 0 Å². The third-order valence-corrected chi connectivity index (χ3v) is 2.51. The van der Waals surface area contributed by atoms with E-state index in [-0.39, 0.29) is 24.7 Å². The summed E-state index contributed by atoms with van der Waals surface area (Å²) in [7, 11) is 3.86. The molecule has 0 atom stereocenters. The Bertz CT molecular complexity index is 444. The van der Waals surface area contributed by atoms with Gasteiger partial charge < -0.3 is 15.0 Å². The molecule has 1 aromatic carbocycles. The zero-order valence-electron chi connectivity index (χ0n) is 11.6. The van der Waals surface area contributed by atoms with Gasteiger partial charge in [-0.1, -0.05) is 6.07 Å². The zero-order valence-corrected chi connectivity index (χ0v) is 11.6. The van der Waals surface area contributed by atoms with Gasteiger partial charge in [0.25, 0.3) is 0 Å². The second kappa shape index (κ2) is 7.41. The maximum absolute atomic E-state index is 11.7. The summed E-state index contributed by atoms with van der Waals surface area (Å²) in [5, 5.41) is 2.76. The van der Waals surface area contributed by atoms with E-state index in [4.69, 9.17) is 4.74 Å². The largest absolute Gasteiger partial charge is 0.466 e. The predicted octanol–water partition coefficient (Wildman–Crippen LogP) is 2.03. The van der Waals surface area contributed by atoms with E-state index in [2.05, 4.69) is 5.32 Å². The van der Waals surface area contributed by atoms with E-state index in [1.807, 2.05) is 43.3 Å². The van der Waals surface area contributed by atoms with Crippen LogP contribution in [-0.4, -0.2) is 32.6 Å². The van der Waals surface area contributed by atoms with Gasteiger partial charge >= 0.3 is 5.97 Å². The lowest BCUT2D eigenvalue weighted by Gasteiger charge is -2.14. The van der Waals surface area contributed by atoms with E-state index in [0.29, 0.717) is 6.61 Å². The van der Waals surface area contributed by atoms with Crippen molar-refractivity contribution in [2.75, 3.05) is 30.9 Å². The number of hydrogen-bond donors (Lipinski definition) is 1. The Hall–Kier alpha value is -2.04. The third kappa shape index (κ3) is 5.42. The van der Waals surface area contributed by atoms with Crippen LogP contribution in [0.2, 0.25) is 0 Å². The third-order valence-electron chi connectivity index (χ3n) is 2.51. The van der Waals surface area contributed by atoms with Crippen molar-refractivity contribution >= 4 is 23.3 Å². The molecule has 1 N–H and O–H groups in total. The first kappa shape index (κ1) is 15.0. The maximum Gasteiger partial charge on any atom is 0.306 e. The highest BCUT2D eigenvalue weighted by Gasteiger charge is 2.08. The van der Waals surface area contributed by atoms with Crippen molar-refractivity contribution in [1.29, 1.82) is 0 Å². The van der Waals surface area contributed by atoms with Crippen LogP contribution in [0, 0.1) is 0 Å². The normalized spacial score (nSPS) is 9.84. The Morgan fingerprint density at radius 2 is 2.00 bits per heavy atom. The Morgan fingerprint density at radius 1 is 1.26 bits per heavy atom. The predicted molar refractivity (Wildman–Crippen MR) is 75.3 cm³/mol. The van der Waals surface area contributed by atoms with Gasteiger partial charge in [0.1, 0.15) is 0 Å². The van der Waals surface area contributed by atoms with Gasteiger partial charge in [-0.05, 0) is 25.1 Å². The Kier molecular flexibility index (Phi) is 5.85. The van der Waals surface area contributed by atoms with E-state index in [9.17, 15) is 9.59 Å². The smallest absolute Gasteiger partial charge is 0.306 e. The highest BCUT2D eigenvalue weighted by molar-refractivity contribution is 5.93. The van der Waals surface area contributed by atoms with E-state index in [0.717, 1.165) is 11.4 Å². The topological polar surface area (TPSA) is 58.6 Å². The number of nitrogens with one attached hydrogen (secondary N) is 1. The first-order valence-corrected chi connectivity index (χ1v) is 6.25. The average Bonchev–Trinajstić information content (AvgIpc) is 2.37. The standard InChI is InChI=1S/C14H20N2O3/c1-4-19-14(18)9-8-13(17)15-11-6-5-7-12(10-11)16(2)3/h5-7,10H,4,8-9H2,1-3H3,(H,15,17). The SMILES string of the molecule is CCOC(=O)CCC(=O)Nc1cccc(N(C)C)c1. The summed E-state index contributed by atoms with van der Waals surface area (Å²) in [6, 6.07) is 7.52. The van der Waals surface area contributed by atoms with Gasteiger partial charge in [0.15, 0.2) is 0 Å². The number of esters is 1. The second-order valence-electron chi connectivity index (χ2n) is 4.30. The zero-order chi connectivity index (χ0) is 14.3. The van der Waals surface area contributed by atoms with Crippen LogP contribution in [0.1, 0.15) is 19.8 Å². The van der Waals surface area contributed by atoms with Crippen molar-refractivity contribution in [3.05, 3.63) is 24.3 Å². The van der Waals surface area contributed by atoms with Crippen LogP contribution >= 0.6 is 0 Å². The molecule has 1 rings (SSSR count). The van der Waals surface area contributed by atoms with E-state index >= 15 is 0 Å². The molecule has 0 spiro atoms. The summed E-state index contributed by atoms with van der Waals surface area (Å²) >= 11 is 0. The number of carbonyl (C=O) groups is 2. The number of amides is 1. The minimum atomic E-state index is -0.348. The number of benzene rings is 1. The molecule has 5 heteroatoms. The Morgan fingerprint density at radius 3 is 2.63 bits per heavy atom. The van der Waals surface area contributed by atoms with Gasteiger partial charge in [0, 0.05) is 31.9 Å². The molecule has 1 amide bonds. The summed E-state index contributed by atoms with van der Waals surface area (Å²) in [4.78, 5) is 24.8. The molecule has 1 aromatic rings. The summed E-state index contributed by atoms with van der Waals surface area (Å²) in [6.45, 7) is 2.08. The average molecular weight is 264 g/mol. The van der Waals surface area contributed by atoms with Crippen LogP contribution in [0.4, 0.5) is 11.4 Å². The fourth-order valence-corrected chi connectivity index (χ4v) is 1.53. The fraction of sp³-hybridized carbons (Fsp3) is 0.429. The van der Waals surface area contributed by atoms with Crippen molar-refractivity contribution in [2.45, 2.75) is 19.8 Å². The Labute approximate surface area is 113 Å². The Balaban J connectivity index is 2.48. The molecule has 0 aliphatic rings. The lowest BCUT2D eigenvalue weighted by molar-refractivity contribution is -0.144. The number of anilines is 2. The number of ether oxygens (including phenoxy) is 1. The van der Waals surface area contributed by atoms with E-state index in [1.54, 1.807) is 6.92 Å². The van der Waals surface area contributed by atoms with E-state index < -0.39 is 0 Å². The molecule has 0 bridgehead atoms. The molecule has 0 aliphatic heterocycles. The van der Waals surface area contributed by atoms with Gasteiger partial charge in [-0.15, -0.1) is 0 Å². The van der Waals surface area contributed by atoms with Gasteiger partial charge in [0.05, 0.1) is 13.0 Å². The van der Waals surface area contributed by atoms with Crippen LogP contribution in [0.5, 0.6) is 0 Å². The summed E-state index contributed by atoms with van der Waals surface area (Å²) in [5.74, 6) is -0.538. The fourth-order valence-electron chi connectivity index (χ4n) is 1.53. The lowest BCUT2D eigenvalue weighted by Crippen LogP contribution is -2.15. The van der Waals surface area contributed by atoms with Gasteiger partial charge in [-0.3, -0.25) is 9.59 Å². The molecule has 0 aliphatic carbocycles. The molecule has 0 fully saturated rings. The molecule has 19 heavy (non-hydrogen) atoms. The van der Waals surface area contributed by atoms with Crippen LogP contribution in [-0.2, 0) is 14.3 Å². The minimum absolute atomic E-state index is 0.104. The van der Waals surface area contributed by atoms with Crippen molar-refractivity contribution < 1.29 is 14.3 Å². The number of hydrogen-bond acceptors (Lipinski definition) is 4. The van der Waals surface area contributed by atoms with Crippen LogP contribution < -0.4 is 10.2 Å². The number of rotatable bonds is 6. The molecular weight excluding hydrogens is 244 g/mol. The van der Waals surface area contributed by atoms with E-state index in [1.165, 1.54) is 0 Å². The quantitative estimate of drug-likeness (QED) is 0.799. The maximum atomic E-state index is 11.7. The van der Waals surface area contributed by atoms with Crippen molar-refractivity contribution in [1.82, 2.24) is 0 Å². The molecule has 0 saturated carbocycles.